The number of benzene rings is 1. The summed E-state index contributed by atoms with van der Waals surface area (Å²) in [5.41, 5.74) is 1.84. The molecule has 1 atom stereocenters. The van der Waals surface area contributed by atoms with Crippen molar-refractivity contribution in [3.8, 4) is 34.3 Å². The molecule has 1 aromatic carbocycles. The summed E-state index contributed by atoms with van der Waals surface area (Å²) in [6, 6.07) is 11.1. The number of furan rings is 1. The normalized spacial score (nSPS) is 13.2. The summed E-state index contributed by atoms with van der Waals surface area (Å²) in [6.45, 7) is 3.82. The highest BCUT2D eigenvalue weighted by Gasteiger charge is 2.23. The molecule has 1 amide bonds. The molecule has 4 aromatic rings. The van der Waals surface area contributed by atoms with Crippen molar-refractivity contribution in [1.82, 2.24) is 20.3 Å². The SMILES string of the molecule is Cc1cc(-c2cc(=O)n(C(C)C(=O)NCc3ccc4c(c3)OCO4)nc2-c2ccco2)on1. The second-order valence-electron chi connectivity index (χ2n) is 7.58. The minimum Gasteiger partial charge on any atom is -0.463 e. The number of amides is 1. The van der Waals surface area contributed by atoms with E-state index in [1.807, 2.05) is 6.07 Å². The molecule has 3 aromatic heterocycles. The van der Waals surface area contributed by atoms with Crippen LogP contribution in [0.5, 0.6) is 11.5 Å². The zero-order valence-corrected chi connectivity index (χ0v) is 17.9. The summed E-state index contributed by atoms with van der Waals surface area (Å²) in [5.74, 6) is 1.75. The zero-order chi connectivity index (χ0) is 22.9. The number of aryl methyl sites for hydroxylation is 1. The Kier molecular flexibility index (Phi) is 5.17. The van der Waals surface area contributed by atoms with Crippen molar-refractivity contribution in [3.05, 3.63) is 70.3 Å². The van der Waals surface area contributed by atoms with Gasteiger partial charge in [0.15, 0.2) is 23.0 Å². The maximum Gasteiger partial charge on any atom is 0.268 e. The Labute approximate surface area is 187 Å². The molecule has 0 aliphatic carbocycles. The minimum absolute atomic E-state index is 0.179. The smallest absolute Gasteiger partial charge is 0.268 e. The Bertz CT molecular complexity index is 1370. The Morgan fingerprint density at radius 3 is 2.76 bits per heavy atom. The molecule has 4 heterocycles. The van der Waals surface area contributed by atoms with Crippen LogP contribution in [-0.2, 0) is 11.3 Å². The lowest BCUT2D eigenvalue weighted by atomic mass is 10.1. The van der Waals surface area contributed by atoms with Crippen LogP contribution in [0.25, 0.3) is 22.8 Å². The summed E-state index contributed by atoms with van der Waals surface area (Å²) >= 11 is 0. The molecule has 0 saturated carbocycles. The lowest BCUT2D eigenvalue weighted by molar-refractivity contribution is -0.124. The van der Waals surface area contributed by atoms with Gasteiger partial charge in [-0.05, 0) is 43.7 Å². The number of carbonyl (C=O) groups is 1. The van der Waals surface area contributed by atoms with E-state index in [0.717, 1.165) is 10.2 Å². The topological polar surface area (TPSA) is 122 Å². The predicted molar refractivity (Wildman–Crippen MR) is 116 cm³/mol. The second-order valence-corrected chi connectivity index (χ2v) is 7.58. The summed E-state index contributed by atoms with van der Waals surface area (Å²) in [7, 11) is 0. The fourth-order valence-electron chi connectivity index (χ4n) is 3.52. The minimum atomic E-state index is -0.870. The molecule has 168 valence electrons. The van der Waals surface area contributed by atoms with Crippen LogP contribution >= 0.6 is 0 Å². The summed E-state index contributed by atoms with van der Waals surface area (Å²) in [6.07, 6.45) is 1.50. The van der Waals surface area contributed by atoms with E-state index in [0.29, 0.717) is 40.0 Å². The first-order valence-electron chi connectivity index (χ1n) is 10.3. The van der Waals surface area contributed by atoms with Gasteiger partial charge in [-0.2, -0.15) is 5.10 Å². The lowest BCUT2D eigenvalue weighted by Crippen LogP contribution is -2.37. The van der Waals surface area contributed by atoms with Crippen LogP contribution in [0, 0.1) is 6.92 Å². The Balaban J connectivity index is 1.41. The van der Waals surface area contributed by atoms with Gasteiger partial charge in [0.05, 0.1) is 17.5 Å². The van der Waals surface area contributed by atoms with Crippen LogP contribution in [0.3, 0.4) is 0 Å². The Morgan fingerprint density at radius 1 is 1.15 bits per heavy atom. The number of hydrogen-bond acceptors (Lipinski definition) is 8. The lowest BCUT2D eigenvalue weighted by Gasteiger charge is -2.16. The van der Waals surface area contributed by atoms with Crippen LogP contribution < -0.4 is 20.3 Å². The molecule has 5 rings (SSSR count). The first kappa shape index (κ1) is 20.6. The standard InChI is InChI=1S/C23H20N4O6/c1-13-8-19(33-26-13)16-10-21(28)27(25-22(16)18-4-3-7-30-18)14(2)23(29)24-11-15-5-6-17-20(9-15)32-12-31-17/h3-10,14H,11-12H2,1-2H3,(H,24,29). The van der Waals surface area contributed by atoms with Crippen LogP contribution in [0.1, 0.15) is 24.2 Å². The van der Waals surface area contributed by atoms with Gasteiger partial charge in [-0.1, -0.05) is 11.2 Å². The monoisotopic (exact) mass is 448 g/mol. The van der Waals surface area contributed by atoms with Crippen LogP contribution in [0.4, 0.5) is 0 Å². The molecule has 0 bridgehead atoms. The molecule has 1 aliphatic rings. The maximum absolute atomic E-state index is 12.9. The third-order valence-corrected chi connectivity index (χ3v) is 5.25. The van der Waals surface area contributed by atoms with Crippen molar-refractivity contribution in [2.24, 2.45) is 0 Å². The van der Waals surface area contributed by atoms with Gasteiger partial charge in [-0.25, -0.2) is 4.68 Å². The van der Waals surface area contributed by atoms with Crippen molar-refractivity contribution in [2.45, 2.75) is 26.4 Å². The molecule has 1 unspecified atom stereocenters. The van der Waals surface area contributed by atoms with Crippen molar-refractivity contribution in [3.63, 3.8) is 0 Å². The predicted octanol–water partition coefficient (Wildman–Crippen LogP) is 3.07. The first-order chi connectivity index (χ1) is 16.0. The average Bonchev–Trinajstić information content (AvgIpc) is 3.58. The largest absolute Gasteiger partial charge is 0.463 e. The highest BCUT2D eigenvalue weighted by molar-refractivity contribution is 5.80. The van der Waals surface area contributed by atoms with Gasteiger partial charge in [-0.15, -0.1) is 0 Å². The number of carbonyl (C=O) groups excluding carboxylic acids is 1. The van der Waals surface area contributed by atoms with Crippen LogP contribution in [0.15, 0.2) is 62.5 Å². The number of nitrogens with one attached hydrogen (secondary N) is 1. The van der Waals surface area contributed by atoms with Gasteiger partial charge < -0.3 is 23.7 Å². The number of ether oxygens (including phenoxy) is 2. The number of hydrogen-bond donors (Lipinski definition) is 1. The van der Waals surface area contributed by atoms with Gasteiger partial charge in [0.25, 0.3) is 5.56 Å². The molecule has 0 spiro atoms. The molecule has 1 aliphatic heterocycles. The second kappa shape index (κ2) is 8.30. The van der Waals surface area contributed by atoms with E-state index in [4.69, 9.17) is 18.4 Å². The highest BCUT2D eigenvalue weighted by atomic mass is 16.7. The Hall–Kier alpha value is -4.34. The molecule has 33 heavy (non-hydrogen) atoms. The molecule has 10 heteroatoms. The van der Waals surface area contributed by atoms with Gasteiger partial charge in [0.2, 0.25) is 12.7 Å². The summed E-state index contributed by atoms with van der Waals surface area (Å²) in [5, 5.41) is 11.2. The number of nitrogens with zero attached hydrogens (tertiary/aromatic N) is 3. The molecule has 0 saturated heterocycles. The quantitative estimate of drug-likeness (QED) is 0.478. The van der Waals surface area contributed by atoms with E-state index in [1.54, 1.807) is 44.2 Å². The first-order valence-corrected chi connectivity index (χ1v) is 10.3. The van der Waals surface area contributed by atoms with Crippen molar-refractivity contribution >= 4 is 5.91 Å². The molecular weight excluding hydrogens is 428 g/mol. The molecule has 0 fully saturated rings. The molecular formula is C23H20N4O6. The third-order valence-electron chi connectivity index (χ3n) is 5.25. The molecule has 0 radical (unpaired) electrons. The third kappa shape index (κ3) is 3.98. The average molecular weight is 448 g/mol. The fraction of sp³-hybridized carbons (Fsp3) is 0.217. The number of rotatable bonds is 6. The molecule has 10 nitrogen and oxygen atoms in total. The highest BCUT2D eigenvalue weighted by Crippen LogP contribution is 2.33. The van der Waals surface area contributed by atoms with E-state index in [9.17, 15) is 9.59 Å². The Morgan fingerprint density at radius 2 is 2.00 bits per heavy atom. The van der Waals surface area contributed by atoms with Gasteiger partial charge in [-0.3, -0.25) is 9.59 Å². The van der Waals surface area contributed by atoms with Gasteiger partial charge in [0, 0.05) is 18.7 Å². The van der Waals surface area contributed by atoms with Crippen LogP contribution in [-0.4, -0.2) is 27.6 Å². The van der Waals surface area contributed by atoms with E-state index in [1.165, 1.54) is 12.3 Å². The van der Waals surface area contributed by atoms with Gasteiger partial charge in [0.1, 0.15) is 11.7 Å². The van der Waals surface area contributed by atoms with Crippen LogP contribution in [0.2, 0.25) is 0 Å². The van der Waals surface area contributed by atoms with E-state index >= 15 is 0 Å². The zero-order valence-electron chi connectivity index (χ0n) is 17.9. The van der Waals surface area contributed by atoms with Gasteiger partial charge >= 0.3 is 0 Å². The number of aromatic nitrogens is 3. The number of fused-ring (bicyclic) bond motifs is 1. The van der Waals surface area contributed by atoms with E-state index in [2.05, 4.69) is 15.6 Å². The van der Waals surface area contributed by atoms with Crippen molar-refractivity contribution in [2.75, 3.05) is 6.79 Å². The van der Waals surface area contributed by atoms with E-state index < -0.39 is 11.6 Å². The summed E-state index contributed by atoms with van der Waals surface area (Å²) < 4.78 is 22.6. The van der Waals surface area contributed by atoms with E-state index in [-0.39, 0.29) is 19.2 Å². The van der Waals surface area contributed by atoms with Crippen molar-refractivity contribution < 1.29 is 23.2 Å². The molecule has 1 N–H and O–H groups in total. The van der Waals surface area contributed by atoms with Crippen molar-refractivity contribution in [1.29, 1.82) is 0 Å². The fourth-order valence-corrected chi connectivity index (χ4v) is 3.52. The summed E-state index contributed by atoms with van der Waals surface area (Å²) in [4.78, 5) is 25.7. The maximum atomic E-state index is 12.9.